The van der Waals surface area contributed by atoms with Gasteiger partial charge in [0.05, 0.1) is 0 Å². The Morgan fingerprint density at radius 1 is 1.62 bits per heavy atom. The number of carbonyl (C=O) groups is 1. The molecule has 0 aliphatic rings. The van der Waals surface area contributed by atoms with Crippen LogP contribution in [-0.2, 0) is 4.79 Å². The summed E-state index contributed by atoms with van der Waals surface area (Å²) in [6.45, 7) is 4.84. The Labute approximate surface area is 76.3 Å². The number of ether oxygens (including phenoxy) is 1. The summed E-state index contributed by atoms with van der Waals surface area (Å²) in [5.74, 6) is -0.359. The van der Waals surface area contributed by atoms with E-state index in [1.54, 1.807) is 18.2 Å². The van der Waals surface area contributed by atoms with E-state index in [0.29, 0.717) is 0 Å². The van der Waals surface area contributed by atoms with E-state index in [4.69, 9.17) is 4.74 Å². The zero-order chi connectivity index (χ0) is 9.84. The van der Waals surface area contributed by atoms with Crippen LogP contribution in [0.4, 0.5) is 0 Å². The molecule has 1 N–H and O–H groups in total. The van der Waals surface area contributed by atoms with Crippen LogP contribution in [0.5, 0.6) is 11.5 Å². The Morgan fingerprint density at radius 2 is 2.31 bits per heavy atom. The van der Waals surface area contributed by atoms with Gasteiger partial charge in [0.1, 0.15) is 0 Å². The molecule has 0 aliphatic carbocycles. The van der Waals surface area contributed by atoms with Crippen LogP contribution in [0.1, 0.15) is 12.5 Å². The number of hydrogen-bond acceptors (Lipinski definition) is 3. The van der Waals surface area contributed by atoms with Crippen LogP contribution in [-0.4, -0.2) is 11.1 Å². The maximum Gasteiger partial charge on any atom is 0.308 e. The molecular formula is C10H10O3. The lowest BCUT2D eigenvalue weighted by Gasteiger charge is -2.04. The zero-order valence-corrected chi connectivity index (χ0v) is 7.28. The van der Waals surface area contributed by atoms with E-state index in [2.05, 4.69) is 6.58 Å². The Balaban J connectivity index is 3.03. The molecule has 3 nitrogen and oxygen atoms in total. The van der Waals surface area contributed by atoms with E-state index >= 15 is 0 Å². The Hall–Kier alpha value is -1.77. The molecule has 1 rings (SSSR count). The predicted octanol–water partition coefficient (Wildman–Crippen LogP) is 1.96. The lowest BCUT2D eigenvalue weighted by Crippen LogP contribution is -2.01. The maximum absolute atomic E-state index is 10.6. The molecule has 1 aromatic rings. The molecule has 1 aromatic carbocycles. The van der Waals surface area contributed by atoms with Crippen molar-refractivity contribution in [2.24, 2.45) is 0 Å². The molecule has 68 valence electrons. The molecule has 0 spiro atoms. The largest absolute Gasteiger partial charge is 0.504 e. The normalized spacial score (nSPS) is 9.31. The molecule has 0 saturated heterocycles. The predicted molar refractivity (Wildman–Crippen MR) is 49.5 cm³/mol. The number of phenols is 1. The third-order valence-electron chi connectivity index (χ3n) is 1.47. The third kappa shape index (κ3) is 2.33. The van der Waals surface area contributed by atoms with Gasteiger partial charge >= 0.3 is 5.97 Å². The summed E-state index contributed by atoms with van der Waals surface area (Å²) in [4.78, 5) is 10.6. The van der Waals surface area contributed by atoms with Crippen molar-refractivity contribution in [1.82, 2.24) is 0 Å². The zero-order valence-electron chi connectivity index (χ0n) is 7.28. The van der Waals surface area contributed by atoms with Crippen molar-refractivity contribution in [3.63, 3.8) is 0 Å². The second-order valence-corrected chi connectivity index (χ2v) is 2.52. The summed E-state index contributed by atoms with van der Waals surface area (Å²) in [5.41, 5.74) is 0.786. The van der Waals surface area contributed by atoms with E-state index in [1.165, 1.54) is 13.0 Å². The third-order valence-corrected chi connectivity index (χ3v) is 1.47. The van der Waals surface area contributed by atoms with Crippen molar-refractivity contribution in [1.29, 1.82) is 0 Å². The molecule has 0 aliphatic heterocycles. The molecule has 0 heterocycles. The number of aromatic hydroxyl groups is 1. The highest BCUT2D eigenvalue weighted by Crippen LogP contribution is 2.27. The molecule has 0 unspecified atom stereocenters. The van der Waals surface area contributed by atoms with Gasteiger partial charge in [0.25, 0.3) is 0 Å². The molecule has 0 amide bonds. The highest BCUT2D eigenvalue weighted by Gasteiger charge is 2.04. The standard InChI is InChI=1S/C10H10O3/c1-3-8-4-5-9(12)10(6-8)13-7(2)11/h3-6,12H,1H2,2H3. The quantitative estimate of drug-likeness (QED) is 0.556. The lowest BCUT2D eigenvalue weighted by atomic mass is 10.2. The van der Waals surface area contributed by atoms with E-state index in [1.807, 2.05) is 0 Å². The van der Waals surface area contributed by atoms with Gasteiger partial charge in [-0.2, -0.15) is 0 Å². The molecular weight excluding hydrogens is 168 g/mol. The molecule has 0 saturated carbocycles. The van der Waals surface area contributed by atoms with Crippen molar-refractivity contribution in [3.05, 3.63) is 30.3 Å². The first-order valence-corrected chi connectivity index (χ1v) is 3.77. The molecule has 0 radical (unpaired) electrons. The highest BCUT2D eigenvalue weighted by atomic mass is 16.5. The first-order valence-electron chi connectivity index (χ1n) is 3.77. The van der Waals surface area contributed by atoms with E-state index < -0.39 is 5.97 Å². The van der Waals surface area contributed by atoms with Crippen molar-refractivity contribution < 1.29 is 14.6 Å². The second kappa shape index (κ2) is 3.76. The monoisotopic (exact) mass is 178 g/mol. The topological polar surface area (TPSA) is 46.5 Å². The first-order chi connectivity index (χ1) is 6.13. The number of carbonyl (C=O) groups excluding carboxylic acids is 1. The van der Waals surface area contributed by atoms with Crippen LogP contribution in [0.2, 0.25) is 0 Å². The van der Waals surface area contributed by atoms with Gasteiger partial charge in [-0.3, -0.25) is 4.79 Å². The van der Waals surface area contributed by atoms with Crippen LogP contribution < -0.4 is 4.74 Å². The number of benzene rings is 1. The smallest absolute Gasteiger partial charge is 0.308 e. The summed E-state index contributed by atoms with van der Waals surface area (Å²) < 4.78 is 4.75. The van der Waals surface area contributed by atoms with Gasteiger partial charge in [-0.05, 0) is 17.7 Å². The van der Waals surface area contributed by atoms with Gasteiger partial charge in [0.15, 0.2) is 11.5 Å². The number of rotatable bonds is 2. The summed E-state index contributed by atoms with van der Waals surface area (Å²) in [5, 5.41) is 9.27. The second-order valence-electron chi connectivity index (χ2n) is 2.52. The molecule has 0 fully saturated rings. The fourth-order valence-electron chi connectivity index (χ4n) is 0.894. The summed E-state index contributed by atoms with van der Waals surface area (Å²) >= 11 is 0. The average Bonchev–Trinajstić information content (AvgIpc) is 2.08. The minimum atomic E-state index is -0.462. The van der Waals surface area contributed by atoms with Gasteiger partial charge in [0, 0.05) is 6.92 Å². The van der Waals surface area contributed by atoms with Crippen molar-refractivity contribution in [3.8, 4) is 11.5 Å². The van der Waals surface area contributed by atoms with Gasteiger partial charge in [0.2, 0.25) is 0 Å². The average molecular weight is 178 g/mol. The molecule has 0 atom stereocenters. The minimum Gasteiger partial charge on any atom is -0.504 e. The van der Waals surface area contributed by atoms with Gasteiger partial charge < -0.3 is 9.84 Å². The van der Waals surface area contributed by atoms with Crippen molar-refractivity contribution in [2.45, 2.75) is 6.92 Å². The first kappa shape index (κ1) is 9.32. The molecule has 0 bridgehead atoms. The Bertz CT molecular complexity index is 342. The lowest BCUT2D eigenvalue weighted by molar-refractivity contribution is -0.132. The summed E-state index contributed by atoms with van der Waals surface area (Å²) in [6, 6.07) is 4.67. The van der Waals surface area contributed by atoms with Gasteiger partial charge in [-0.25, -0.2) is 0 Å². The molecule has 3 heteroatoms. The van der Waals surface area contributed by atoms with Crippen LogP contribution in [0.15, 0.2) is 24.8 Å². The van der Waals surface area contributed by atoms with E-state index in [0.717, 1.165) is 5.56 Å². The van der Waals surface area contributed by atoms with E-state index in [-0.39, 0.29) is 11.5 Å². The SMILES string of the molecule is C=Cc1ccc(O)c(OC(C)=O)c1. The van der Waals surface area contributed by atoms with Crippen molar-refractivity contribution >= 4 is 12.0 Å². The van der Waals surface area contributed by atoms with Crippen LogP contribution >= 0.6 is 0 Å². The molecule has 13 heavy (non-hydrogen) atoms. The Morgan fingerprint density at radius 3 is 2.85 bits per heavy atom. The highest BCUT2D eigenvalue weighted by molar-refractivity contribution is 5.71. The minimum absolute atomic E-state index is 0.0548. The van der Waals surface area contributed by atoms with Gasteiger partial charge in [-0.1, -0.05) is 18.7 Å². The number of hydrogen-bond donors (Lipinski definition) is 1. The molecule has 0 aromatic heterocycles. The summed E-state index contributed by atoms with van der Waals surface area (Å²) in [7, 11) is 0. The fraction of sp³-hybridized carbons (Fsp3) is 0.100. The number of esters is 1. The van der Waals surface area contributed by atoms with Crippen LogP contribution in [0.25, 0.3) is 6.08 Å². The van der Waals surface area contributed by atoms with Crippen LogP contribution in [0.3, 0.4) is 0 Å². The van der Waals surface area contributed by atoms with Gasteiger partial charge in [-0.15, -0.1) is 0 Å². The Kier molecular flexibility index (Phi) is 2.69. The maximum atomic E-state index is 10.6. The summed E-state index contributed by atoms with van der Waals surface area (Å²) in [6.07, 6.45) is 1.60. The van der Waals surface area contributed by atoms with E-state index in [9.17, 15) is 9.90 Å². The van der Waals surface area contributed by atoms with Crippen molar-refractivity contribution in [2.75, 3.05) is 0 Å². The number of phenolic OH excluding ortho intramolecular Hbond substituents is 1. The van der Waals surface area contributed by atoms with Crippen LogP contribution in [0, 0.1) is 0 Å². The fourth-order valence-corrected chi connectivity index (χ4v) is 0.894.